The highest BCUT2D eigenvalue weighted by atomic mass is 35.5. The number of rotatable bonds is 5. The van der Waals surface area contributed by atoms with Crippen LogP contribution >= 0.6 is 12.4 Å². The van der Waals surface area contributed by atoms with Crippen molar-refractivity contribution in [2.75, 3.05) is 13.2 Å². The fourth-order valence-corrected chi connectivity index (χ4v) is 1.06. The topological polar surface area (TPSA) is 44.5 Å². The first-order valence-corrected chi connectivity index (χ1v) is 4.82. The van der Waals surface area contributed by atoms with Gasteiger partial charge in [-0.2, -0.15) is 0 Å². The summed E-state index contributed by atoms with van der Waals surface area (Å²) in [6.45, 7) is 5.08. The second-order valence-electron chi connectivity index (χ2n) is 3.28. The summed E-state index contributed by atoms with van der Waals surface area (Å²) in [5, 5.41) is 0. The van der Waals surface area contributed by atoms with Gasteiger partial charge in [0.2, 0.25) is 0 Å². The normalized spacial score (nSPS) is 9.60. The van der Waals surface area contributed by atoms with Gasteiger partial charge in [-0.25, -0.2) is 0 Å². The highest BCUT2D eigenvalue weighted by Crippen LogP contribution is 2.18. The first-order valence-electron chi connectivity index (χ1n) is 4.82. The van der Waals surface area contributed by atoms with Crippen molar-refractivity contribution in [3.05, 3.63) is 24.3 Å². The maximum atomic E-state index is 5.49. The Morgan fingerprint density at radius 2 is 1.67 bits per heavy atom. The van der Waals surface area contributed by atoms with Crippen LogP contribution in [0, 0.1) is 0 Å². The van der Waals surface area contributed by atoms with Crippen LogP contribution in [0.5, 0.6) is 11.5 Å². The van der Waals surface area contributed by atoms with Crippen molar-refractivity contribution >= 4 is 12.4 Å². The summed E-state index contributed by atoms with van der Waals surface area (Å²) in [7, 11) is 0. The summed E-state index contributed by atoms with van der Waals surface area (Å²) in [4.78, 5) is 0. The van der Waals surface area contributed by atoms with Gasteiger partial charge in [-0.05, 0) is 38.1 Å². The highest BCUT2D eigenvalue weighted by Gasteiger charge is 1.97. The summed E-state index contributed by atoms with van der Waals surface area (Å²) < 4.78 is 10.8. The molecule has 0 atom stereocenters. The number of hydrogen-bond donors (Lipinski definition) is 1. The van der Waals surface area contributed by atoms with Crippen molar-refractivity contribution in [2.45, 2.75) is 20.0 Å². The molecular weight excluding hydrogens is 214 g/mol. The molecule has 0 bridgehead atoms. The minimum absolute atomic E-state index is 0. The van der Waals surface area contributed by atoms with Crippen molar-refractivity contribution in [3.63, 3.8) is 0 Å². The largest absolute Gasteiger partial charge is 0.492 e. The standard InChI is InChI=1S/C11H17NO2.ClH/c1-9(2)14-11-5-3-10(4-6-11)13-8-7-12;/h3-6,9H,7-8,12H2,1-2H3;1H. The summed E-state index contributed by atoms with van der Waals surface area (Å²) in [6, 6.07) is 7.55. The molecule has 4 heteroatoms. The molecule has 1 aromatic carbocycles. The maximum absolute atomic E-state index is 5.49. The van der Waals surface area contributed by atoms with Crippen LogP contribution in [-0.2, 0) is 0 Å². The molecule has 0 aliphatic rings. The third-order valence-corrected chi connectivity index (χ3v) is 1.58. The van der Waals surface area contributed by atoms with Gasteiger partial charge in [-0.15, -0.1) is 12.4 Å². The molecule has 3 nitrogen and oxygen atoms in total. The van der Waals surface area contributed by atoms with E-state index in [2.05, 4.69) is 0 Å². The molecule has 2 N–H and O–H groups in total. The number of nitrogens with two attached hydrogens (primary N) is 1. The van der Waals surface area contributed by atoms with Gasteiger partial charge >= 0.3 is 0 Å². The van der Waals surface area contributed by atoms with E-state index in [0.717, 1.165) is 11.5 Å². The smallest absolute Gasteiger partial charge is 0.119 e. The minimum Gasteiger partial charge on any atom is -0.492 e. The van der Waals surface area contributed by atoms with Gasteiger partial charge in [0.1, 0.15) is 18.1 Å². The lowest BCUT2D eigenvalue weighted by Crippen LogP contribution is -2.10. The lowest BCUT2D eigenvalue weighted by Gasteiger charge is -2.10. The number of hydrogen-bond acceptors (Lipinski definition) is 3. The molecule has 0 aliphatic heterocycles. The van der Waals surface area contributed by atoms with Crippen LogP contribution in [0.25, 0.3) is 0 Å². The third kappa shape index (κ3) is 5.50. The van der Waals surface area contributed by atoms with E-state index in [1.165, 1.54) is 0 Å². The minimum atomic E-state index is 0. The molecule has 1 rings (SSSR count). The Morgan fingerprint density at radius 3 is 2.13 bits per heavy atom. The van der Waals surface area contributed by atoms with Crippen LogP contribution in [0.3, 0.4) is 0 Å². The van der Waals surface area contributed by atoms with Crippen LogP contribution in [0.4, 0.5) is 0 Å². The Balaban J connectivity index is 0.00000196. The first-order chi connectivity index (χ1) is 6.72. The molecule has 0 saturated carbocycles. The molecule has 0 unspecified atom stereocenters. The van der Waals surface area contributed by atoms with E-state index in [9.17, 15) is 0 Å². The predicted octanol–water partition coefficient (Wildman–Crippen LogP) is 2.23. The second kappa shape index (κ2) is 7.37. The molecular formula is C11H18ClNO2. The van der Waals surface area contributed by atoms with Crippen molar-refractivity contribution in [1.82, 2.24) is 0 Å². The molecule has 1 aromatic rings. The van der Waals surface area contributed by atoms with Gasteiger partial charge in [0.05, 0.1) is 6.10 Å². The van der Waals surface area contributed by atoms with Gasteiger partial charge in [0, 0.05) is 6.54 Å². The van der Waals surface area contributed by atoms with E-state index in [-0.39, 0.29) is 18.5 Å². The molecule has 0 aliphatic carbocycles. The zero-order valence-electron chi connectivity index (χ0n) is 9.10. The molecule has 15 heavy (non-hydrogen) atoms. The van der Waals surface area contributed by atoms with Crippen LogP contribution in [0.15, 0.2) is 24.3 Å². The number of ether oxygens (including phenoxy) is 2. The van der Waals surface area contributed by atoms with Gasteiger partial charge < -0.3 is 15.2 Å². The van der Waals surface area contributed by atoms with E-state index in [0.29, 0.717) is 13.2 Å². The van der Waals surface area contributed by atoms with E-state index in [4.69, 9.17) is 15.2 Å². The average Bonchev–Trinajstić information content (AvgIpc) is 2.16. The third-order valence-electron chi connectivity index (χ3n) is 1.58. The highest BCUT2D eigenvalue weighted by molar-refractivity contribution is 5.85. The van der Waals surface area contributed by atoms with Gasteiger partial charge in [0.25, 0.3) is 0 Å². The molecule has 0 amide bonds. The predicted molar refractivity (Wildman–Crippen MR) is 64.0 cm³/mol. The second-order valence-corrected chi connectivity index (χ2v) is 3.28. The number of benzene rings is 1. The Kier molecular flexibility index (Phi) is 6.92. The average molecular weight is 232 g/mol. The Morgan fingerprint density at radius 1 is 1.13 bits per heavy atom. The maximum Gasteiger partial charge on any atom is 0.119 e. The summed E-state index contributed by atoms with van der Waals surface area (Å²) in [6.07, 6.45) is 0.200. The van der Waals surface area contributed by atoms with Crippen molar-refractivity contribution in [2.24, 2.45) is 5.73 Å². The van der Waals surface area contributed by atoms with E-state index in [1.807, 2.05) is 38.1 Å². The van der Waals surface area contributed by atoms with Crippen molar-refractivity contribution in [3.8, 4) is 11.5 Å². The molecule has 0 fully saturated rings. The molecule has 0 radical (unpaired) electrons. The molecule has 0 spiro atoms. The molecule has 0 aromatic heterocycles. The van der Waals surface area contributed by atoms with Crippen LogP contribution < -0.4 is 15.2 Å². The summed E-state index contributed by atoms with van der Waals surface area (Å²) in [5.74, 6) is 1.69. The van der Waals surface area contributed by atoms with Crippen molar-refractivity contribution < 1.29 is 9.47 Å². The van der Waals surface area contributed by atoms with Gasteiger partial charge in [0.15, 0.2) is 0 Å². The molecule has 86 valence electrons. The van der Waals surface area contributed by atoms with Gasteiger partial charge in [-0.1, -0.05) is 0 Å². The van der Waals surface area contributed by atoms with Crippen LogP contribution in [0.1, 0.15) is 13.8 Å². The molecule has 0 heterocycles. The quantitative estimate of drug-likeness (QED) is 0.845. The van der Waals surface area contributed by atoms with E-state index < -0.39 is 0 Å². The summed E-state index contributed by atoms with van der Waals surface area (Å²) >= 11 is 0. The Hall–Kier alpha value is -0.930. The lowest BCUT2D eigenvalue weighted by atomic mass is 10.3. The Bertz CT molecular complexity index is 262. The molecule has 0 saturated heterocycles. The van der Waals surface area contributed by atoms with Crippen molar-refractivity contribution in [1.29, 1.82) is 0 Å². The fraction of sp³-hybridized carbons (Fsp3) is 0.455. The monoisotopic (exact) mass is 231 g/mol. The zero-order valence-corrected chi connectivity index (χ0v) is 9.92. The summed E-state index contributed by atoms with van der Waals surface area (Å²) in [5.41, 5.74) is 5.32. The fourth-order valence-electron chi connectivity index (χ4n) is 1.06. The SMILES string of the molecule is CC(C)Oc1ccc(OCCN)cc1.Cl. The van der Waals surface area contributed by atoms with Crippen LogP contribution in [0.2, 0.25) is 0 Å². The van der Waals surface area contributed by atoms with E-state index in [1.54, 1.807) is 0 Å². The van der Waals surface area contributed by atoms with E-state index >= 15 is 0 Å². The van der Waals surface area contributed by atoms with Gasteiger partial charge in [-0.3, -0.25) is 0 Å². The lowest BCUT2D eigenvalue weighted by molar-refractivity contribution is 0.242. The number of halogens is 1. The zero-order chi connectivity index (χ0) is 10.4. The first kappa shape index (κ1) is 14.1. The van der Waals surface area contributed by atoms with Crippen LogP contribution in [-0.4, -0.2) is 19.3 Å². The Labute approximate surface area is 97.0 Å².